The third kappa shape index (κ3) is 3.79. The van der Waals surface area contributed by atoms with Gasteiger partial charge in [0, 0.05) is 13.1 Å². The summed E-state index contributed by atoms with van der Waals surface area (Å²) in [7, 11) is 3.57. The van der Waals surface area contributed by atoms with Gasteiger partial charge >= 0.3 is 0 Å². The first kappa shape index (κ1) is 13.6. The Hall–Kier alpha value is -1.88. The van der Waals surface area contributed by atoms with E-state index < -0.39 is 5.95 Å². The van der Waals surface area contributed by atoms with E-state index in [2.05, 4.69) is 10.3 Å². The topological polar surface area (TPSA) is 34.2 Å². The van der Waals surface area contributed by atoms with Crippen LogP contribution in [0.3, 0.4) is 0 Å². The Bertz CT molecular complexity index is 546. The molecule has 1 N–H and O–H groups in total. The summed E-state index contributed by atoms with van der Waals surface area (Å²) in [6.45, 7) is 1.26. The highest BCUT2D eigenvalue weighted by Crippen LogP contribution is 2.10. The molecule has 0 aliphatic rings. The summed E-state index contributed by atoms with van der Waals surface area (Å²) in [5, 5.41) is 3.25. The average molecular weight is 258 g/mol. The Kier molecular flexibility index (Phi) is 4.52. The van der Waals surface area contributed by atoms with Gasteiger partial charge in [0.25, 0.3) is 0 Å². The molecule has 0 unspecified atom stereocenters. The molecule has 0 saturated heterocycles. The number of pyridine rings is 1. The molecule has 0 fully saturated rings. The van der Waals surface area contributed by atoms with Crippen molar-refractivity contribution in [3.63, 3.8) is 0 Å². The zero-order valence-electron chi connectivity index (χ0n) is 11.1. The first-order chi connectivity index (χ1) is 9.19. The quantitative estimate of drug-likeness (QED) is 0.635. The lowest BCUT2D eigenvalue weighted by atomic mass is 9.94. The van der Waals surface area contributed by atoms with E-state index in [0.717, 1.165) is 22.5 Å². The summed E-state index contributed by atoms with van der Waals surface area (Å²) in [6.07, 6.45) is 0. The van der Waals surface area contributed by atoms with Crippen molar-refractivity contribution in [3.05, 3.63) is 53.6 Å². The Morgan fingerprint density at radius 3 is 2.58 bits per heavy atom. The van der Waals surface area contributed by atoms with Gasteiger partial charge in [-0.3, -0.25) is 0 Å². The normalized spacial score (nSPS) is 10.4. The van der Waals surface area contributed by atoms with Crippen LogP contribution in [0.4, 0.5) is 4.39 Å². The number of ether oxygens (including phenoxy) is 1. The molecule has 0 radical (unpaired) electrons. The van der Waals surface area contributed by atoms with Gasteiger partial charge in [0.2, 0.25) is 5.95 Å². The van der Waals surface area contributed by atoms with E-state index in [0.29, 0.717) is 13.1 Å². The third-order valence-corrected chi connectivity index (χ3v) is 2.95. The molecule has 3 nitrogen and oxygen atoms in total. The van der Waals surface area contributed by atoms with E-state index in [1.807, 2.05) is 32.1 Å². The van der Waals surface area contributed by atoms with Crippen molar-refractivity contribution < 1.29 is 9.13 Å². The fourth-order valence-electron chi connectivity index (χ4n) is 1.79. The van der Waals surface area contributed by atoms with Gasteiger partial charge in [-0.1, -0.05) is 23.7 Å². The number of nitrogens with one attached hydrogen (secondary N) is 1. The highest BCUT2D eigenvalue weighted by atomic mass is 19.1. The van der Waals surface area contributed by atoms with Gasteiger partial charge in [-0.05, 0) is 23.8 Å². The van der Waals surface area contributed by atoms with Gasteiger partial charge in [0.15, 0.2) is 0 Å². The maximum absolute atomic E-state index is 13.0. The monoisotopic (exact) mass is 258 g/mol. The van der Waals surface area contributed by atoms with Crippen LogP contribution in [0.15, 0.2) is 36.4 Å². The zero-order chi connectivity index (χ0) is 13.7. The number of nitrogens with zero attached hydrogens (tertiary/aromatic N) is 1. The van der Waals surface area contributed by atoms with Crippen LogP contribution in [0.2, 0.25) is 0 Å². The molecule has 2 aromatic rings. The van der Waals surface area contributed by atoms with Crippen LogP contribution in [0.1, 0.15) is 11.3 Å². The van der Waals surface area contributed by atoms with Crippen molar-refractivity contribution in [2.24, 2.45) is 0 Å². The smallest absolute Gasteiger partial charge is 0.213 e. The minimum absolute atomic E-state index is 0.438. The van der Waals surface area contributed by atoms with Crippen LogP contribution in [0, 0.1) is 5.95 Å². The van der Waals surface area contributed by atoms with Crippen molar-refractivity contribution in [2.75, 3.05) is 7.11 Å². The van der Waals surface area contributed by atoms with Gasteiger partial charge in [-0.15, -0.1) is 0 Å². The molecule has 5 heteroatoms. The van der Waals surface area contributed by atoms with Crippen LogP contribution in [0.25, 0.3) is 0 Å². The van der Waals surface area contributed by atoms with Crippen LogP contribution < -0.4 is 15.5 Å². The van der Waals surface area contributed by atoms with Crippen LogP contribution in [0.5, 0.6) is 5.75 Å². The first-order valence-electron chi connectivity index (χ1n) is 6.14. The highest BCUT2D eigenvalue weighted by molar-refractivity contribution is 6.33. The fourth-order valence-corrected chi connectivity index (χ4v) is 1.79. The Labute approximate surface area is 113 Å². The fraction of sp³-hybridized carbons (Fsp3) is 0.214. The lowest BCUT2D eigenvalue weighted by Gasteiger charge is -2.08. The van der Waals surface area contributed by atoms with Crippen molar-refractivity contribution >= 4 is 13.3 Å². The molecule has 1 heterocycles. The first-order valence-corrected chi connectivity index (χ1v) is 6.14. The molecule has 0 aliphatic heterocycles. The molecule has 0 spiro atoms. The van der Waals surface area contributed by atoms with Crippen molar-refractivity contribution in [1.29, 1.82) is 0 Å². The molecule has 19 heavy (non-hydrogen) atoms. The second kappa shape index (κ2) is 6.34. The maximum atomic E-state index is 13.0. The van der Waals surface area contributed by atoms with Gasteiger partial charge in [0.05, 0.1) is 12.8 Å². The molecule has 0 saturated carbocycles. The van der Waals surface area contributed by atoms with Crippen LogP contribution >= 0.6 is 0 Å². The van der Waals surface area contributed by atoms with E-state index in [1.165, 1.54) is 6.07 Å². The standard InChI is InChI=1S/C14H16BFN2O/c1-19-11-4-2-10(3-5-11)8-17-9-13-12(15)6-7-14(16)18-13/h2-7,17H,8-9,15H2,1H3. The summed E-state index contributed by atoms with van der Waals surface area (Å²) in [6, 6.07) is 11.0. The predicted molar refractivity (Wildman–Crippen MR) is 75.9 cm³/mol. The number of methoxy groups -OCH3 is 1. The SMILES string of the molecule is Bc1ccc(F)nc1CNCc1ccc(OC)cc1. The molecule has 0 bridgehead atoms. The number of hydrogen-bond acceptors (Lipinski definition) is 3. The average Bonchev–Trinajstić information content (AvgIpc) is 2.43. The van der Waals surface area contributed by atoms with Crippen molar-refractivity contribution in [1.82, 2.24) is 10.3 Å². The van der Waals surface area contributed by atoms with Crippen molar-refractivity contribution in [2.45, 2.75) is 13.1 Å². The molecular formula is C14H16BFN2O. The van der Waals surface area contributed by atoms with E-state index in [-0.39, 0.29) is 0 Å². The number of halogens is 1. The maximum Gasteiger partial charge on any atom is 0.213 e. The molecule has 1 aromatic carbocycles. The van der Waals surface area contributed by atoms with E-state index >= 15 is 0 Å². The summed E-state index contributed by atoms with van der Waals surface area (Å²) < 4.78 is 18.1. The van der Waals surface area contributed by atoms with Crippen LogP contribution in [-0.2, 0) is 13.1 Å². The lowest BCUT2D eigenvalue weighted by Crippen LogP contribution is -2.21. The molecule has 0 amide bonds. The summed E-state index contributed by atoms with van der Waals surface area (Å²) >= 11 is 0. The molecule has 0 atom stereocenters. The molecule has 2 rings (SSSR count). The predicted octanol–water partition coefficient (Wildman–Crippen LogP) is 0.778. The molecule has 98 valence electrons. The Balaban J connectivity index is 1.90. The molecule has 0 aliphatic carbocycles. The number of rotatable bonds is 5. The zero-order valence-corrected chi connectivity index (χ0v) is 11.1. The minimum atomic E-state index is -0.438. The van der Waals surface area contributed by atoms with Crippen molar-refractivity contribution in [3.8, 4) is 5.75 Å². The second-order valence-electron chi connectivity index (χ2n) is 4.35. The Morgan fingerprint density at radius 2 is 1.89 bits per heavy atom. The Morgan fingerprint density at radius 1 is 1.16 bits per heavy atom. The second-order valence-corrected chi connectivity index (χ2v) is 4.35. The number of benzene rings is 1. The van der Waals surface area contributed by atoms with Gasteiger partial charge in [0.1, 0.15) is 13.6 Å². The number of hydrogen-bond donors (Lipinski definition) is 1. The summed E-state index contributed by atoms with van der Waals surface area (Å²) in [5.74, 6) is 0.401. The van der Waals surface area contributed by atoms with Gasteiger partial charge in [-0.25, -0.2) is 4.98 Å². The van der Waals surface area contributed by atoms with Crippen LogP contribution in [-0.4, -0.2) is 19.9 Å². The van der Waals surface area contributed by atoms with Gasteiger partial charge < -0.3 is 10.1 Å². The highest BCUT2D eigenvalue weighted by Gasteiger charge is 2.02. The lowest BCUT2D eigenvalue weighted by molar-refractivity contribution is 0.414. The largest absolute Gasteiger partial charge is 0.497 e. The van der Waals surface area contributed by atoms with E-state index in [4.69, 9.17) is 4.74 Å². The molecule has 1 aromatic heterocycles. The third-order valence-electron chi connectivity index (χ3n) is 2.95. The summed E-state index contributed by atoms with van der Waals surface area (Å²) in [4.78, 5) is 3.88. The molecular weight excluding hydrogens is 242 g/mol. The van der Waals surface area contributed by atoms with E-state index in [1.54, 1.807) is 13.2 Å². The summed E-state index contributed by atoms with van der Waals surface area (Å²) in [5.41, 5.74) is 2.88. The van der Waals surface area contributed by atoms with Gasteiger partial charge in [-0.2, -0.15) is 4.39 Å². The van der Waals surface area contributed by atoms with E-state index in [9.17, 15) is 4.39 Å². The number of aromatic nitrogens is 1. The minimum Gasteiger partial charge on any atom is -0.497 e.